The molecule has 1 amide bonds. The number of likely N-dealkylation sites (tertiary alicyclic amines) is 1. The molecular weight excluding hydrogens is 320 g/mol. The Morgan fingerprint density at radius 1 is 1.20 bits per heavy atom. The van der Waals surface area contributed by atoms with E-state index in [-0.39, 0.29) is 17.8 Å². The minimum absolute atomic E-state index is 0.0972. The molecule has 0 spiro atoms. The van der Waals surface area contributed by atoms with Gasteiger partial charge >= 0.3 is 5.97 Å². The van der Waals surface area contributed by atoms with E-state index < -0.39 is 0 Å². The van der Waals surface area contributed by atoms with Gasteiger partial charge in [0.05, 0.1) is 25.2 Å². The van der Waals surface area contributed by atoms with E-state index in [4.69, 9.17) is 9.47 Å². The number of methoxy groups -OCH3 is 1. The van der Waals surface area contributed by atoms with E-state index in [1.54, 1.807) is 25.0 Å². The number of fused-ring (bicyclic) bond motifs is 1. The summed E-state index contributed by atoms with van der Waals surface area (Å²) < 4.78 is 10.3. The van der Waals surface area contributed by atoms with E-state index in [0.29, 0.717) is 38.2 Å². The first-order valence-corrected chi connectivity index (χ1v) is 8.53. The lowest BCUT2D eigenvalue weighted by Gasteiger charge is -2.30. The molecule has 2 heterocycles. The van der Waals surface area contributed by atoms with Crippen LogP contribution in [0.3, 0.4) is 0 Å². The number of piperidine rings is 1. The number of nitrogens with zero attached hydrogens (tertiary/aromatic N) is 2. The van der Waals surface area contributed by atoms with Crippen molar-refractivity contribution in [3.05, 3.63) is 36.0 Å². The van der Waals surface area contributed by atoms with Crippen molar-refractivity contribution < 1.29 is 19.1 Å². The van der Waals surface area contributed by atoms with Gasteiger partial charge in [-0.25, -0.2) is 4.98 Å². The van der Waals surface area contributed by atoms with Crippen molar-refractivity contribution >= 4 is 22.8 Å². The molecule has 1 aromatic carbocycles. The molecule has 0 atom stereocenters. The molecule has 25 heavy (non-hydrogen) atoms. The number of aromatic nitrogens is 1. The quantitative estimate of drug-likeness (QED) is 0.799. The first-order chi connectivity index (χ1) is 12.1. The Balaban J connectivity index is 1.69. The Labute approximate surface area is 146 Å². The molecule has 6 heteroatoms. The van der Waals surface area contributed by atoms with Crippen LogP contribution in [-0.2, 0) is 9.53 Å². The van der Waals surface area contributed by atoms with Crippen molar-refractivity contribution in [1.82, 2.24) is 9.88 Å². The molecular formula is C19H22N2O4. The molecule has 1 aromatic heterocycles. The Morgan fingerprint density at radius 2 is 1.96 bits per heavy atom. The lowest BCUT2D eigenvalue weighted by Crippen LogP contribution is -2.41. The molecule has 0 N–H and O–H groups in total. The van der Waals surface area contributed by atoms with E-state index in [1.807, 2.05) is 24.3 Å². The lowest BCUT2D eigenvalue weighted by atomic mass is 9.97. The zero-order valence-electron chi connectivity index (χ0n) is 14.5. The normalized spacial score (nSPS) is 15.2. The first-order valence-electron chi connectivity index (χ1n) is 8.53. The summed E-state index contributed by atoms with van der Waals surface area (Å²) in [6.07, 6.45) is 1.27. The summed E-state index contributed by atoms with van der Waals surface area (Å²) in [5, 5.41) is 0.928. The molecule has 0 aliphatic carbocycles. The van der Waals surface area contributed by atoms with Gasteiger partial charge in [0.15, 0.2) is 0 Å². The largest absolute Gasteiger partial charge is 0.497 e. The summed E-state index contributed by atoms with van der Waals surface area (Å²) in [4.78, 5) is 30.7. The summed E-state index contributed by atoms with van der Waals surface area (Å²) in [6.45, 7) is 3.29. The second kappa shape index (κ2) is 7.51. The van der Waals surface area contributed by atoms with Crippen molar-refractivity contribution in [2.45, 2.75) is 19.8 Å². The number of ether oxygens (including phenoxy) is 2. The summed E-state index contributed by atoms with van der Waals surface area (Å²) in [5.74, 6) is 0.392. The number of esters is 1. The Kier molecular flexibility index (Phi) is 5.16. The topological polar surface area (TPSA) is 68.7 Å². The first kappa shape index (κ1) is 17.2. The van der Waals surface area contributed by atoms with E-state index in [1.165, 1.54) is 0 Å². The maximum absolute atomic E-state index is 12.7. The fraction of sp³-hybridized carbons (Fsp3) is 0.421. The molecule has 0 bridgehead atoms. The number of carbonyl (C=O) groups is 2. The van der Waals surface area contributed by atoms with Crippen molar-refractivity contribution in [2.24, 2.45) is 5.92 Å². The zero-order chi connectivity index (χ0) is 17.8. The number of pyridine rings is 1. The van der Waals surface area contributed by atoms with Crippen LogP contribution in [0.1, 0.15) is 30.3 Å². The number of benzene rings is 1. The van der Waals surface area contributed by atoms with Crippen LogP contribution in [0.5, 0.6) is 5.75 Å². The highest BCUT2D eigenvalue weighted by Crippen LogP contribution is 2.22. The van der Waals surface area contributed by atoms with Crippen LogP contribution in [0, 0.1) is 5.92 Å². The average molecular weight is 342 g/mol. The molecule has 0 saturated carbocycles. The third-order valence-corrected chi connectivity index (χ3v) is 4.52. The lowest BCUT2D eigenvalue weighted by molar-refractivity contribution is -0.149. The van der Waals surface area contributed by atoms with Crippen LogP contribution in [0.25, 0.3) is 10.9 Å². The summed E-state index contributed by atoms with van der Waals surface area (Å²) in [5.41, 5.74) is 1.18. The smallest absolute Gasteiger partial charge is 0.309 e. The van der Waals surface area contributed by atoms with Gasteiger partial charge in [-0.15, -0.1) is 0 Å². The number of amides is 1. The van der Waals surface area contributed by atoms with Crippen molar-refractivity contribution in [2.75, 3.05) is 26.8 Å². The molecule has 1 fully saturated rings. The third-order valence-electron chi connectivity index (χ3n) is 4.52. The summed E-state index contributed by atoms with van der Waals surface area (Å²) in [7, 11) is 1.62. The number of hydrogen-bond acceptors (Lipinski definition) is 5. The van der Waals surface area contributed by atoms with Gasteiger partial charge in [0.2, 0.25) is 0 Å². The van der Waals surface area contributed by atoms with Gasteiger partial charge in [-0.05, 0) is 44.0 Å². The molecule has 1 aliphatic heterocycles. The van der Waals surface area contributed by atoms with Crippen LogP contribution < -0.4 is 4.74 Å². The van der Waals surface area contributed by atoms with Gasteiger partial charge < -0.3 is 14.4 Å². The van der Waals surface area contributed by atoms with Crippen LogP contribution in [0.15, 0.2) is 30.3 Å². The number of hydrogen-bond donors (Lipinski definition) is 0. The fourth-order valence-electron chi connectivity index (χ4n) is 3.09. The standard InChI is InChI=1S/C19H22N2O4/c1-3-25-19(23)13-8-10-21(11-9-13)18(22)17-6-4-14-12-15(24-2)5-7-16(14)20-17/h4-7,12-13H,3,8-11H2,1-2H3. The molecule has 3 rings (SSSR count). The van der Waals surface area contributed by atoms with Crippen LogP contribution in [0.2, 0.25) is 0 Å². The molecule has 1 aliphatic rings. The van der Waals surface area contributed by atoms with Crippen molar-refractivity contribution in [3.63, 3.8) is 0 Å². The minimum Gasteiger partial charge on any atom is -0.497 e. The molecule has 6 nitrogen and oxygen atoms in total. The average Bonchev–Trinajstić information content (AvgIpc) is 2.67. The van der Waals surface area contributed by atoms with Gasteiger partial charge in [-0.3, -0.25) is 9.59 Å². The molecule has 0 unspecified atom stereocenters. The van der Waals surface area contributed by atoms with E-state index in [0.717, 1.165) is 16.7 Å². The number of carbonyl (C=O) groups excluding carboxylic acids is 2. The fourth-order valence-corrected chi connectivity index (χ4v) is 3.09. The van der Waals surface area contributed by atoms with Crippen LogP contribution >= 0.6 is 0 Å². The molecule has 132 valence electrons. The van der Waals surface area contributed by atoms with Gasteiger partial charge in [-0.2, -0.15) is 0 Å². The molecule has 0 radical (unpaired) electrons. The predicted molar refractivity (Wildman–Crippen MR) is 93.6 cm³/mol. The van der Waals surface area contributed by atoms with Gasteiger partial charge in [-0.1, -0.05) is 6.07 Å². The van der Waals surface area contributed by atoms with E-state index in [2.05, 4.69) is 4.98 Å². The Hall–Kier alpha value is -2.63. The highest BCUT2D eigenvalue weighted by Gasteiger charge is 2.29. The number of rotatable bonds is 4. The predicted octanol–water partition coefficient (Wildman–Crippen LogP) is 2.66. The van der Waals surface area contributed by atoms with Gasteiger partial charge in [0.1, 0.15) is 11.4 Å². The van der Waals surface area contributed by atoms with E-state index in [9.17, 15) is 9.59 Å². The maximum atomic E-state index is 12.7. The SMILES string of the molecule is CCOC(=O)C1CCN(C(=O)c2ccc3cc(OC)ccc3n2)CC1. The van der Waals surface area contributed by atoms with Crippen molar-refractivity contribution in [3.8, 4) is 5.75 Å². The second-order valence-electron chi connectivity index (χ2n) is 6.07. The van der Waals surface area contributed by atoms with Gasteiger partial charge in [0, 0.05) is 18.5 Å². The maximum Gasteiger partial charge on any atom is 0.309 e. The van der Waals surface area contributed by atoms with Crippen molar-refractivity contribution in [1.29, 1.82) is 0 Å². The summed E-state index contributed by atoms with van der Waals surface area (Å²) in [6, 6.07) is 9.18. The second-order valence-corrected chi connectivity index (χ2v) is 6.07. The van der Waals surface area contributed by atoms with Crippen LogP contribution in [0.4, 0.5) is 0 Å². The van der Waals surface area contributed by atoms with Crippen LogP contribution in [-0.4, -0.2) is 48.6 Å². The monoisotopic (exact) mass is 342 g/mol. The Bertz CT molecular complexity index is 782. The molecule has 1 saturated heterocycles. The minimum atomic E-state index is -0.160. The van der Waals surface area contributed by atoms with E-state index >= 15 is 0 Å². The zero-order valence-corrected chi connectivity index (χ0v) is 14.5. The highest BCUT2D eigenvalue weighted by atomic mass is 16.5. The highest BCUT2D eigenvalue weighted by molar-refractivity contribution is 5.95. The van der Waals surface area contributed by atoms with Gasteiger partial charge in [0.25, 0.3) is 5.91 Å². The third kappa shape index (κ3) is 3.73. The summed E-state index contributed by atoms with van der Waals surface area (Å²) >= 11 is 0. The Morgan fingerprint density at radius 3 is 2.64 bits per heavy atom. The molecule has 2 aromatic rings.